The Balaban J connectivity index is 2.31. The largest absolute Gasteiger partial charge is 0.370 e. The lowest BCUT2D eigenvalue weighted by atomic mass is 10.0. The van der Waals surface area contributed by atoms with Crippen molar-refractivity contribution in [2.75, 3.05) is 39.8 Å². The molecule has 0 aromatic rings. The Morgan fingerprint density at radius 2 is 2.31 bits per heavy atom. The van der Waals surface area contributed by atoms with Crippen molar-refractivity contribution in [3.8, 4) is 0 Å². The van der Waals surface area contributed by atoms with E-state index in [9.17, 15) is 0 Å². The van der Waals surface area contributed by atoms with Gasteiger partial charge in [0, 0.05) is 19.6 Å². The van der Waals surface area contributed by atoms with Crippen LogP contribution < -0.4 is 5.73 Å². The molecule has 1 aliphatic rings. The Kier molecular flexibility index (Phi) is 5.60. The predicted octanol–water partition coefficient (Wildman–Crippen LogP) is 0.985. The van der Waals surface area contributed by atoms with Crippen LogP contribution in [0.4, 0.5) is 0 Å². The minimum Gasteiger partial charge on any atom is -0.370 e. The summed E-state index contributed by atoms with van der Waals surface area (Å²) in [6.07, 6.45) is 2.56. The Hall–Kier alpha value is -0.770. The lowest BCUT2D eigenvalue weighted by Gasteiger charge is -2.31. The first-order valence-corrected chi connectivity index (χ1v) is 6.37. The fourth-order valence-electron chi connectivity index (χ4n) is 1.99. The van der Waals surface area contributed by atoms with E-state index in [1.807, 2.05) is 0 Å². The second-order valence-corrected chi connectivity index (χ2v) is 4.83. The molecule has 0 aromatic carbocycles. The molecular formula is C12H26N4. The maximum absolute atomic E-state index is 6.00. The molecule has 1 aliphatic heterocycles. The molecule has 0 saturated carbocycles. The number of nitrogens with zero attached hydrogens (tertiary/aromatic N) is 3. The Morgan fingerprint density at radius 1 is 1.56 bits per heavy atom. The summed E-state index contributed by atoms with van der Waals surface area (Å²) in [5.74, 6) is 1.48. The standard InChI is InChI=1S/C12H26N4/c1-4-15(3)9-7-14-12(13)16-8-5-6-11(2)10-16/h11H,4-10H2,1-3H3,(H2,13,14). The Bertz CT molecular complexity index is 227. The highest BCUT2D eigenvalue weighted by atomic mass is 15.3. The summed E-state index contributed by atoms with van der Waals surface area (Å²) in [6, 6.07) is 0. The van der Waals surface area contributed by atoms with Gasteiger partial charge in [-0.05, 0) is 32.4 Å². The number of hydrogen-bond donors (Lipinski definition) is 1. The highest BCUT2D eigenvalue weighted by Crippen LogP contribution is 2.14. The van der Waals surface area contributed by atoms with Gasteiger partial charge >= 0.3 is 0 Å². The molecule has 0 radical (unpaired) electrons. The molecule has 1 saturated heterocycles. The van der Waals surface area contributed by atoms with Crippen LogP contribution in [-0.2, 0) is 0 Å². The first kappa shape index (κ1) is 13.3. The van der Waals surface area contributed by atoms with Crippen LogP contribution in [0.5, 0.6) is 0 Å². The van der Waals surface area contributed by atoms with Crippen molar-refractivity contribution in [3.05, 3.63) is 0 Å². The Labute approximate surface area is 99.5 Å². The molecule has 1 atom stereocenters. The van der Waals surface area contributed by atoms with Crippen molar-refractivity contribution in [1.29, 1.82) is 0 Å². The molecule has 1 rings (SSSR count). The number of likely N-dealkylation sites (tertiary alicyclic amines) is 1. The van der Waals surface area contributed by atoms with Crippen LogP contribution in [0.2, 0.25) is 0 Å². The number of guanidine groups is 1. The van der Waals surface area contributed by atoms with Gasteiger partial charge in [0.15, 0.2) is 5.96 Å². The van der Waals surface area contributed by atoms with E-state index in [2.05, 4.69) is 35.7 Å². The maximum Gasteiger partial charge on any atom is 0.191 e. The molecule has 0 aliphatic carbocycles. The third kappa shape index (κ3) is 4.39. The molecule has 0 aromatic heterocycles. The summed E-state index contributed by atoms with van der Waals surface area (Å²) < 4.78 is 0. The van der Waals surface area contributed by atoms with Crippen molar-refractivity contribution in [1.82, 2.24) is 9.80 Å². The molecular weight excluding hydrogens is 200 g/mol. The van der Waals surface area contributed by atoms with Gasteiger partial charge in [0.2, 0.25) is 0 Å². The molecule has 0 bridgehead atoms. The van der Waals surface area contributed by atoms with Crippen molar-refractivity contribution >= 4 is 5.96 Å². The summed E-state index contributed by atoms with van der Waals surface area (Å²) in [6.45, 7) is 9.43. The number of nitrogens with two attached hydrogens (primary N) is 1. The lowest BCUT2D eigenvalue weighted by Crippen LogP contribution is -2.43. The van der Waals surface area contributed by atoms with E-state index < -0.39 is 0 Å². The molecule has 0 spiro atoms. The normalized spacial score (nSPS) is 22.9. The SMILES string of the molecule is CCN(C)CCN=C(N)N1CCCC(C)C1. The monoisotopic (exact) mass is 226 g/mol. The van der Waals surface area contributed by atoms with Gasteiger partial charge in [-0.3, -0.25) is 4.99 Å². The zero-order valence-corrected chi connectivity index (χ0v) is 10.9. The second kappa shape index (κ2) is 6.74. The summed E-state index contributed by atoms with van der Waals surface area (Å²) in [4.78, 5) is 8.92. The third-order valence-corrected chi connectivity index (χ3v) is 3.28. The van der Waals surface area contributed by atoms with Crippen molar-refractivity contribution in [2.45, 2.75) is 26.7 Å². The maximum atomic E-state index is 6.00. The molecule has 94 valence electrons. The fraction of sp³-hybridized carbons (Fsp3) is 0.917. The van der Waals surface area contributed by atoms with Crippen molar-refractivity contribution < 1.29 is 0 Å². The average Bonchev–Trinajstić information content (AvgIpc) is 2.28. The van der Waals surface area contributed by atoms with Crippen LogP contribution in [-0.4, -0.2) is 55.5 Å². The third-order valence-electron chi connectivity index (χ3n) is 3.28. The lowest BCUT2D eigenvalue weighted by molar-refractivity contribution is 0.269. The van der Waals surface area contributed by atoms with E-state index in [0.717, 1.165) is 44.6 Å². The molecule has 16 heavy (non-hydrogen) atoms. The molecule has 4 heteroatoms. The minimum atomic E-state index is 0.732. The van der Waals surface area contributed by atoms with E-state index >= 15 is 0 Å². The smallest absolute Gasteiger partial charge is 0.191 e. The second-order valence-electron chi connectivity index (χ2n) is 4.83. The predicted molar refractivity (Wildman–Crippen MR) is 69.6 cm³/mol. The van der Waals surface area contributed by atoms with E-state index in [-0.39, 0.29) is 0 Å². The molecule has 1 heterocycles. The summed E-state index contributed by atoms with van der Waals surface area (Å²) in [5.41, 5.74) is 6.00. The van der Waals surface area contributed by atoms with Gasteiger partial charge in [-0.1, -0.05) is 13.8 Å². The summed E-state index contributed by atoms with van der Waals surface area (Å²) in [5, 5.41) is 0. The van der Waals surface area contributed by atoms with Crippen LogP contribution in [0, 0.1) is 5.92 Å². The van der Waals surface area contributed by atoms with Crippen LogP contribution in [0.1, 0.15) is 26.7 Å². The van der Waals surface area contributed by atoms with Gasteiger partial charge in [-0.25, -0.2) is 0 Å². The number of aliphatic imine (C=N–C) groups is 1. The fourth-order valence-corrected chi connectivity index (χ4v) is 1.99. The van der Waals surface area contributed by atoms with E-state index in [4.69, 9.17) is 5.73 Å². The molecule has 4 nitrogen and oxygen atoms in total. The van der Waals surface area contributed by atoms with Crippen LogP contribution in [0.3, 0.4) is 0 Å². The first-order chi connectivity index (χ1) is 7.63. The van der Waals surface area contributed by atoms with Crippen molar-refractivity contribution in [2.24, 2.45) is 16.6 Å². The van der Waals surface area contributed by atoms with Crippen molar-refractivity contribution in [3.63, 3.8) is 0 Å². The minimum absolute atomic E-state index is 0.732. The molecule has 1 fully saturated rings. The zero-order chi connectivity index (χ0) is 12.0. The van der Waals surface area contributed by atoms with E-state index in [1.165, 1.54) is 12.8 Å². The highest BCUT2D eigenvalue weighted by Gasteiger charge is 2.17. The number of rotatable bonds is 4. The van der Waals surface area contributed by atoms with Gasteiger partial charge in [-0.2, -0.15) is 0 Å². The van der Waals surface area contributed by atoms with Gasteiger partial charge < -0.3 is 15.5 Å². The molecule has 1 unspecified atom stereocenters. The molecule has 0 amide bonds. The van der Waals surface area contributed by atoms with Crippen LogP contribution in [0.25, 0.3) is 0 Å². The van der Waals surface area contributed by atoms with E-state index in [1.54, 1.807) is 0 Å². The number of likely N-dealkylation sites (N-methyl/N-ethyl adjacent to an activating group) is 1. The molecule has 2 N–H and O–H groups in total. The summed E-state index contributed by atoms with van der Waals surface area (Å²) in [7, 11) is 2.11. The topological polar surface area (TPSA) is 44.9 Å². The van der Waals surface area contributed by atoms with Gasteiger partial charge in [0.1, 0.15) is 0 Å². The van der Waals surface area contributed by atoms with Gasteiger partial charge in [0.25, 0.3) is 0 Å². The highest BCUT2D eigenvalue weighted by molar-refractivity contribution is 5.78. The quantitative estimate of drug-likeness (QED) is 0.574. The van der Waals surface area contributed by atoms with Gasteiger partial charge in [-0.15, -0.1) is 0 Å². The zero-order valence-electron chi connectivity index (χ0n) is 10.9. The number of hydrogen-bond acceptors (Lipinski definition) is 2. The van der Waals surface area contributed by atoms with Gasteiger partial charge in [0.05, 0.1) is 6.54 Å². The Morgan fingerprint density at radius 3 is 2.94 bits per heavy atom. The van der Waals surface area contributed by atoms with E-state index in [0.29, 0.717) is 0 Å². The average molecular weight is 226 g/mol. The van der Waals surface area contributed by atoms with Crippen LogP contribution in [0.15, 0.2) is 4.99 Å². The first-order valence-electron chi connectivity index (χ1n) is 6.37. The number of piperidine rings is 1. The van der Waals surface area contributed by atoms with Crippen LogP contribution >= 0.6 is 0 Å². The summed E-state index contributed by atoms with van der Waals surface area (Å²) >= 11 is 0.